The highest BCUT2D eigenvalue weighted by atomic mass is 15.2. The minimum Gasteiger partial charge on any atom is -0.332 e. The average molecular weight is 741 g/mol. The van der Waals surface area contributed by atoms with Crippen molar-refractivity contribution in [3.05, 3.63) is 218 Å². The molecule has 3 heterocycles. The van der Waals surface area contributed by atoms with Gasteiger partial charge in [-0.1, -0.05) is 164 Å². The van der Waals surface area contributed by atoms with Crippen LogP contribution in [0.15, 0.2) is 212 Å². The Kier molecular flexibility index (Phi) is 4.78. The predicted octanol–water partition coefficient (Wildman–Crippen LogP) is 13.9. The number of hydrogen-bond acceptors (Lipinski definition) is 1. The van der Waals surface area contributed by atoms with Crippen molar-refractivity contribution in [2.75, 3.05) is 4.90 Å². The largest absolute Gasteiger partial charge is 0.332 e. The lowest BCUT2D eigenvalue weighted by Gasteiger charge is -2.30. The van der Waals surface area contributed by atoms with Gasteiger partial charge in [0.1, 0.15) is 0 Å². The van der Waals surface area contributed by atoms with E-state index in [1.54, 1.807) is 4.57 Å². The van der Waals surface area contributed by atoms with E-state index in [0.717, 1.165) is 38.6 Å². The molecule has 12 rings (SSSR count). The zero-order valence-electron chi connectivity index (χ0n) is 43.2. The number of hydrogen-bond donors (Lipinski definition) is 0. The van der Waals surface area contributed by atoms with Gasteiger partial charge in [-0.2, -0.15) is 0 Å². The number of para-hydroxylation sites is 5. The monoisotopic (exact) mass is 740 g/mol. The third kappa shape index (κ3) is 4.79. The minimum absolute atomic E-state index is 0.0402. The van der Waals surface area contributed by atoms with Crippen LogP contribution in [0.2, 0.25) is 0 Å². The van der Waals surface area contributed by atoms with Crippen molar-refractivity contribution in [1.82, 2.24) is 9.13 Å². The number of fused-ring (bicyclic) bond motifs is 9. The molecule has 1 aliphatic carbocycles. The maximum absolute atomic E-state index is 10.2. The van der Waals surface area contributed by atoms with Crippen LogP contribution in [0.25, 0.3) is 77.2 Å². The fourth-order valence-electron chi connectivity index (χ4n) is 9.00. The molecule has 2 aromatic heterocycles. The highest BCUT2D eigenvalue weighted by Crippen LogP contribution is 2.51. The summed E-state index contributed by atoms with van der Waals surface area (Å²) in [5.41, 5.74) is 4.46. The Morgan fingerprint density at radius 3 is 1.63 bits per heavy atom. The molecule has 0 amide bonds. The minimum atomic E-state index is -0.719. The van der Waals surface area contributed by atoms with Crippen molar-refractivity contribution in [2.24, 2.45) is 0 Å². The second-order valence-corrected chi connectivity index (χ2v) is 14.2. The molecule has 0 spiro atoms. The average Bonchev–Trinajstić information content (AvgIpc) is 4.02. The maximum Gasteiger partial charge on any atom is 0.0782 e. The van der Waals surface area contributed by atoms with E-state index in [4.69, 9.17) is 13.7 Å². The van der Waals surface area contributed by atoms with E-state index in [2.05, 4.69) is 76.2 Å². The van der Waals surface area contributed by atoms with Gasteiger partial charge in [0.2, 0.25) is 0 Å². The van der Waals surface area contributed by atoms with Crippen molar-refractivity contribution in [3.63, 3.8) is 0 Å². The lowest BCUT2D eigenvalue weighted by Crippen LogP contribution is -2.28. The van der Waals surface area contributed by atoms with Crippen LogP contribution in [0.4, 0.5) is 11.4 Å². The molecule has 3 nitrogen and oxygen atoms in total. The number of allylic oxidation sites excluding steroid dienone is 2. The van der Waals surface area contributed by atoms with Gasteiger partial charge in [0.15, 0.2) is 0 Å². The van der Waals surface area contributed by atoms with E-state index < -0.39 is 101 Å². The van der Waals surface area contributed by atoms with Crippen LogP contribution in [-0.2, 0) is 0 Å². The molecule has 0 fully saturated rings. The molecular formula is C54H37N3. The number of benzene rings is 8. The van der Waals surface area contributed by atoms with E-state index >= 15 is 0 Å². The normalized spacial score (nSPS) is 19.1. The van der Waals surface area contributed by atoms with Crippen LogP contribution in [0.3, 0.4) is 0 Å². The Morgan fingerprint density at radius 2 is 0.947 bits per heavy atom. The summed E-state index contributed by atoms with van der Waals surface area (Å²) in [5, 5.41) is 3.37. The van der Waals surface area contributed by atoms with E-state index in [1.807, 2.05) is 66.7 Å². The fraction of sp³-hybridized carbons (Fsp3) is 0.0370. The number of aromatic nitrogens is 2. The molecule has 10 aromatic rings. The molecule has 57 heavy (non-hydrogen) atoms. The quantitative estimate of drug-likeness (QED) is 0.171. The third-order valence-corrected chi connectivity index (χ3v) is 11.3. The summed E-state index contributed by atoms with van der Waals surface area (Å²) < 4.78 is 122. The van der Waals surface area contributed by atoms with Crippen LogP contribution in [0, 0.1) is 0 Å². The van der Waals surface area contributed by atoms with Gasteiger partial charge in [0, 0.05) is 38.8 Å². The second kappa shape index (κ2) is 12.6. The molecule has 1 aliphatic heterocycles. The Bertz CT molecular complexity index is 3880. The van der Waals surface area contributed by atoms with Gasteiger partial charge >= 0.3 is 0 Å². The number of anilines is 2. The highest BCUT2D eigenvalue weighted by Gasteiger charge is 2.38. The Morgan fingerprint density at radius 1 is 0.421 bits per heavy atom. The van der Waals surface area contributed by atoms with Crippen molar-refractivity contribution in [1.29, 1.82) is 0 Å². The molecule has 3 heteroatoms. The lowest BCUT2D eigenvalue weighted by atomic mass is 9.91. The van der Waals surface area contributed by atoms with E-state index in [-0.39, 0.29) is 17.6 Å². The van der Waals surface area contributed by atoms with E-state index in [0.29, 0.717) is 22.1 Å². The summed E-state index contributed by atoms with van der Waals surface area (Å²) in [4.78, 5) is 2.38. The molecule has 0 bridgehead atoms. The molecule has 8 aromatic carbocycles. The van der Waals surface area contributed by atoms with Crippen molar-refractivity contribution < 1.29 is 17.8 Å². The molecule has 0 N–H and O–H groups in total. The molecule has 2 atom stereocenters. The predicted molar refractivity (Wildman–Crippen MR) is 239 cm³/mol. The highest BCUT2D eigenvalue weighted by molar-refractivity contribution is 6.17. The zero-order valence-corrected chi connectivity index (χ0v) is 30.2. The van der Waals surface area contributed by atoms with Crippen LogP contribution in [-0.4, -0.2) is 15.2 Å². The topological polar surface area (TPSA) is 13.1 Å². The van der Waals surface area contributed by atoms with Crippen LogP contribution < -0.4 is 4.90 Å². The van der Waals surface area contributed by atoms with Crippen LogP contribution in [0.1, 0.15) is 29.3 Å². The molecule has 2 aliphatic rings. The molecular weight excluding hydrogens is 691 g/mol. The Labute approximate surface area is 349 Å². The van der Waals surface area contributed by atoms with E-state index in [9.17, 15) is 4.11 Å². The smallest absolute Gasteiger partial charge is 0.0782 e. The first-order chi connectivity index (χ1) is 33.7. The first kappa shape index (κ1) is 21.7. The lowest BCUT2D eigenvalue weighted by molar-refractivity contribution is 0.745. The Hall–Kier alpha value is -7.36. The molecule has 0 saturated heterocycles. The van der Waals surface area contributed by atoms with Crippen molar-refractivity contribution in [3.8, 4) is 33.6 Å². The Balaban J connectivity index is 1.27. The zero-order chi connectivity index (χ0) is 48.8. The van der Waals surface area contributed by atoms with Gasteiger partial charge in [-0.3, -0.25) is 0 Å². The summed E-state index contributed by atoms with van der Waals surface area (Å²) >= 11 is 0. The summed E-state index contributed by atoms with van der Waals surface area (Å²) in [7, 11) is 0. The van der Waals surface area contributed by atoms with E-state index in [1.165, 1.54) is 5.56 Å². The van der Waals surface area contributed by atoms with Crippen molar-refractivity contribution in [2.45, 2.75) is 12.0 Å². The van der Waals surface area contributed by atoms with Gasteiger partial charge in [-0.15, -0.1) is 0 Å². The molecule has 0 saturated carbocycles. The second-order valence-electron chi connectivity index (χ2n) is 14.2. The third-order valence-electron chi connectivity index (χ3n) is 11.3. The maximum atomic E-state index is 10.2. The number of nitrogens with zero attached hydrogens (tertiary/aromatic N) is 3. The fourth-order valence-corrected chi connectivity index (χ4v) is 9.00. The summed E-state index contributed by atoms with van der Waals surface area (Å²) in [6, 6.07) is 27.1. The standard InChI is InChI=1S/C54H37N3/c1-3-17-36(18-4-1)38-33-39(37-19-5-2-6-20-37)35-40(34-38)55-47-27-11-9-23-43(47)45-25-16-32-52(53(45)55)57-50-30-14-10-24-44(50)46-26-15-31-51(54(46)57)56-48-28-12-7-21-41(48)42-22-8-13-29-49(42)56/h1-35,41,48H/i1D,2D,3D,4D,5D,6D,17D,18D,19D,20D,33D,34D,35D. The van der Waals surface area contributed by atoms with Gasteiger partial charge in [0.05, 0.1) is 57.3 Å². The first-order valence-corrected chi connectivity index (χ1v) is 18.8. The molecule has 268 valence electrons. The molecule has 0 radical (unpaired) electrons. The van der Waals surface area contributed by atoms with Crippen LogP contribution >= 0.6 is 0 Å². The number of rotatable bonds is 5. The van der Waals surface area contributed by atoms with Crippen molar-refractivity contribution >= 4 is 55.0 Å². The summed E-state index contributed by atoms with van der Waals surface area (Å²) in [5.74, 6) is 0.0979. The SMILES string of the molecule is [2H]c1c([2H])c([2H])c(-c2c([2H])c(-c3c([2H])c([2H])c([2H])c([2H])c3[2H])c([2H])c(-n3c4ccccc4c4cccc(-n5c6ccccc6c6cccc(N7c8ccccc8C8C=CC=CC87)c65)c43)c2[2H])c([2H])c1[2H]. The van der Waals surface area contributed by atoms with Gasteiger partial charge in [-0.25, -0.2) is 0 Å². The van der Waals surface area contributed by atoms with Gasteiger partial charge < -0.3 is 14.0 Å². The molecule has 2 unspecified atom stereocenters. The van der Waals surface area contributed by atoms with Crippen LogP contribution in [0.5, 0.6) is 0 Å². The van der Waals surface area contributed by atoms with Gasteiger partial charge in [0.25, 0.3) is 0 Å². The summed E-state index contributed by atoms with van der Waals surface area (Å²) in [6.45, 7) is 0. The summed E-state index contributed by atoms with van der Waals surface area (Å²) in [6.07, 6.45) is 8.61. The van der Waals surface area contributed by atoms with Gasteiger partial charge in [-0.05, 0) is 76.3 Å². The first-order valence-electron chi connectivity index (χ1n) is 25.3.